The monoisotopic (exact) mass is 208 g/mol. The molecule has 2 atom stereocenters. The van der Waals surface area contributed by atoms with E-state index in [0.29, 0.717) is 18.1 Å². The summed E-state index contributed by atoms with van der Waals surface area (Å²) in [5.41, 5.74) is 4.33. The van der Waals surface area contributed by atoms with Crippen molar-refractivity contribution in [1.82, 2.24) is 5.43 Å². The second-order valence-electron chi connectivity index (χ2n) is 5.92. The highest BCUT2D eigenvalue weighted by molar-refractivity contribution is 6.08. The maximum Gasteiger partial charge on any atom is 0.144 e. The molecule has 0 aromatic heterocycles. The Balaban J connectivity index is 2.21. The van der Waals surface area contributed by atoms with Crippen LogP contribution < -0.4 is 5.43 Å². The fourth-order valence-corrected chi connectivity index (χ4v) is 2.80. The van der Waals surface area contributed by atoms with Crippen LogP contribution in [-0.2, 0) is 4.79 Å². The summed E-state index contributed by atoms with van der Waals surface area (Å²) in [6.45, 7) is 8.54. The molecule has 1 aliphatic carbocycles. The Morgan fingerprint density at radius 3 is 2.73 bits per heavy atom. The van der Waals surface area contributed by atoms with E-state index >= 15 is 0 Å². The average Bonchev–Trinajstić information content (AvgIpc) is 2.45. The molecule has 15 heavy (non-hydrogen) atoms. The van der Waals surface area contributed by atoms with E-state index in [9.17, 15) is 4.79 Å². The summed E-state index contributed by atoms with van der Waals surface area (Å²) < 4.78 is 0. The standard InChI is InChI=1S/C12H20N2O/c1-7(2)11-10-8(13-14-11)5-12(3,4)6-9(10)15/h7-8,10,13H,5-6H2,1-4H3/t8-,10-/m0/s1. The molecule has 1 N–H and O–H groups in total. The predicted octanol–water partition coefficient (Wildman–Crippen LogP) is 1.98. The number of ketones is 1. The summed E-state index contributed by atoms with van der Waals surface area (Å²) in [5, 5.41) is 4.34. The molecule has 0 unspecified atom stereocenters. The summed E-state index contributed by atoms with van der Waals surface area (Å²) in [5.74, 6) is 0.796. The lowest BCUT2D eigenvalue weighted by atomic mass is 9.68. The van der Waals surface area contributed by atoms with Crippen LogP contribution >= 0.6 is 0 Å². The highest BCUT2D eigenvalue weighted by Crippen LogP contribution is 2.39. The fraction of sp³-hybridized carbons (Fsp3) is 0.833. The summed E-state index contributed by atoms with van der Waals surface area (Å²) in [4.78, 5) is 12.1. The Bertz CT molecular complexity index is 318. The molecule has 0 amide bonds. The van der Waals surface area contributed by atoms with Crippen molar-refractivity contribution >= 4 is 11.5 Å². The molecule has 0 aromatic carbocycles. The van der Waals surface area contributed by atoms with Crippen LogP contribution in [0.15, 0.2) is 5.10 Å². The van der Waals surface area contributed by atoms with E-state index in [2.05, 4.69) is 38.2 Å². The topological polar surface area (TPSA) is 41.5 Å². The third-order valence-corrected chi connectivity index (χ3v) is 3.44. The van der Waals surface area contributed by atoms with Gasteiger partial charge in [0.15, 0.2) is 0 Å². The SMILES string of the molecule is CC(C)C1=NN[C@H]2CC(C)(C)CC(=O)[C@@H]12. The Morgan fingerprint density at radius 2 is 2.13 bits per heavy atom. The number of hydrogen-bond donors (Lipinski definition) is 1. The lowest BCUT2D eigenvalue weighted by Gasteiger charge is -2.36. The van der Waals surface area contributed by atoms with Gasteiger partial charge >= 0.3 is 0 Å². The zero-order valence-corrected chi connectivity index (χ0v) is 10.0. The van der Waals surface area contributed by atoms with E-state index in [1.807, 2.05) is 0 Å². The zero-order valence-electron chi connectivity index (χ0n) is 10.0. The largest absolute Gasteiger partial charge is 0.306 e. The third kappa shape index (κ3) is 1.80. The summed E-state index contributed by atoms with van der Waals surface area (Å²) in [6, 6.07) is 0.249. The van der Waals surface area contributed by atoms with Gasteiger partial charge in [0, 0.05) is 6.42 Å². The van der Waals surface area contributed by atoms with Gasteiger partial charge in [-0.15, -0.1) is 0 Å². The van der Waals surface area contributed by atoms with Gasteiger partial charge in [-0.2, -0.15) is 5.10 Å². The first-order valence-electron chi connectivity index (χ1n) is 5.76. The van der Waals surface area contributed by atoms with Gasteiger partial charge in [0.1, 0.15) is 5.78 Å². The van der Waals surface area contributed by atoms with E-state index in [1.54, 1.807) is 0 Å². The van der Waals surface area contributed by atoms with E-state index in [0.717, 1.165) is 12.1 Å². The van der Waals surface area contributed by atoms with E-state index in [4.69, 9.17) is 0 Å². The molecule has 1 heterocycles. The van der Waals surface area contributed by atoms with Gasteiger partial charge in [-0.1, -0.05) is 27.7 Å². The molecule has 2 aliphatic rings. The van der Waals surface area contributed by atoms with Crippen molar-refractivity contribution in [3.8, 4) is 0 Å². The van der Waals surface area contributed by atoms with Crippen molar-refractivity contribution in [1.29, 1.82) is 0 Å². The highest BCUT2D eigenvalue weighted by atomic mass is 16.1. The Morgan fingerprint density at radius 1 is 1.47 bits per heavy atom. The van der Waals surface area contributed by atoms with Gasteiger partial charge < -0.3 is 5.43 Å². The van der Waals surface area contributed by atoms with Crippen LogP contribution in [0, 0.1) is 17.3 Å². The summed E-state index contributed by atoms with van der Waals surface area (Å²) >= 11 is 0. The van der Waals surface area contributed by atoms with Gasteiger partial charge in [-0.25, -0.2) is 0 Å². The minimum atomic E-state index is 0.0537. The van der Waals surface area contributed by atoms with Crippen molar-refractivity contribution in [2.45, 2.75) is 46.6 Å². The van der Waals surface area contributed by atoms with E-state index in [-0.39, 0.29) is 17.4 Å². The van der Waals surface area contributed by atoms with Gasteiger partial charge in [0.05, 0.1) is 17.7 Å². The summed E-state index contributed by atoms with van der Waals surface area (Å²) in [7, 11) is 0. The molecule has 0 radical (unpaired) electrons. The first-order chi connectivity index (χ1) is 6.91. The lowest BCUT2D eigenvalue weighted by Crippen LogP contribution is -2.46. The van der Waals surface area contributed by atoms with Crippen molar-refractivity contribution in [3.63, 3.8) is 0 Å². The van der Waals surface area contributed by atoms with Crippen LogP contribution in [0.4, 0.5) is 0 Å². The van der Waals surface area contributed by atoms with Crippen molar-refractivity contribution in [2.24, 2.45) is 22.4 Å². The van der Waals surface area contributed by atoms with Gasteiger partial charge in [-0.3, -0.25) is 4.79 Å². The van der Waals surface area contributed by atoms with Crippen LogP contribution in [0.2, 0.25) is 0 Å². The van der Waals surface area contributed by atoms with Crippen LogP contribution in [0.3, 0.4) is 0 Å². The van der Waals surface area contributed by atoms with Crippen molar-refractivity contribution < 1.29 is 4.79 Å². The minimum Gasteiger partial charge on any atom is -0.306 e. The van der Waals surface area contributed by atoms with Crippen LogP contribution in [0.25, 0.3) is 0 Å². The molecule has 2 rings (SSSR count). The number of hydrogen-bond acceptors (Lipinski definition) is 3. The number of carbonyl (C=O) groups is 1. The Hall–Kier alpha value is -0.860. The zero-order chi connectivity index (χ0) is 11.2. The molecule has 3 nitrogen and oxygen atoms in total. The molecule has 0 spiro atoms. The number of hydrazone groups is 1. The minimum absolute atomic E-state index is 0.0537. The van der Waals surface area contributed by atoms with E-state index in [1.165, 1.54) is 0 Å². The number of Topliss-reactive ketones (excluding diaryl/α,β-unsaturated/α-hetero) is 1. The maximum atomic E-state index is 12.1. The first-order valence-corrected chi connectivity index (χ1v) is 5.76. The fourth-order valence-electron chi connectivity index (χ4n) is 2.80. The third-order valence-electron chi connectivity index (χ3n) is 3.44. The smallest absolute Gasteiger partial charge is 0.144 e. The maximum absolute atomic E-state index is 12.1. The second-order valence-corrected chi connectivity index (χ2v) is 5.92. The Kier molecular flexibility index (Phi) is 2.36. The number of nitrogens with zero attached hydrogens (tertiary/aromatic N) is 1. The van der Waals surface area contributed by atoms with Gasteiger partial charge in [-0.05, 0) is 17.8 Å². The molecular formula is C12H20N2O. The van der Waals surface area contributed by atoms with Gasteiger partial charge in [0.25, 0.3) is 0 Å². The van der Waals surface area contributed by atoms with Crippen LogP contribution in [0.5, 0.6) is 0 Å². The molecule has 3 heteroatoms. The van der Waals surface area contributed by atoms with Gasteiger partial charge in [0.2, 0.25) is 0 Å². The average molecular weight is 208 g/mol. The lowest BCUT2D eigenvalue weighted by molar-refractivity contribution is -0.126. The van der Waals surface area contributed by atoms with Crippen LogP contribution in [0.1, 0.15) is 40.5 Å². The number of carbonyl (C=O) groups excluding carboxylic acids is 1. The molecule has 1 saturated carbocycles. The Labute approximate surface area is 91.3 Å². The van der Waals surface area contributed by atoms with Crippen molar-refractivity contribution in [2.75, 3.05) is 0 Å². The second kappa shape index (κ2) is 3.32. The predicted molar refractivity (Wildman–Crippen MR) is 60.7 cm³/mol. The molecular weight excluding hydrogens is 188 g/mol. The number of rotatable bonds is 1. The first kappa shape index (κ1) is 10.7. The molecule has 0 saturated heterocycles. The van der Waals surface area contributed by atoms with Crippen molar-refractivity contribution in [3.05, 3.63) is 0 Å². The normalized spacial score (nSPS) is 33.7. The molecule has 0 bridgehead atoms. The number of nitrogens with one attached hydrogen (secondary N) is 1. The molecule has 0 aromatic rings. The number of fused-ring (bicyclic) bond motifs is 1. The molecule has 1 aliphatic heterocycles. The van der Waals surface area contributed by atoms with E-state index < -0.39 is 0 Å². The summed E-state index contributed by atoms with van der Waals surface area (Å²) in [6.07, 6.45) is 1.74. The quantitative estimate of drug-likeness (QED) is 0.716. The molecule has 84 valence electrons. The molecule has 1 fully saturated rings. The highest BCUT2D eigenvalue weighted by Gasteiger charge is 2.46. The van der Waals surface area contributed by atoms with Crippen LogP contribution in [-0.4, -0.2) is 17.5 Å².